The molecule has 0 saturated heterocycles. The number of carbonyl (C=O) groups is 2. The summed E-state index contributed by atoms with van der Waals surface area (Å²) < 4.78 is 23.4. The lowest BCUT2D eigenvalue weighted by atomic mass is 10.2. The number of hydrogen-bond donors (Lipinski definition) is 1. The molecule has 0 aliphatic rings. The number of esters is 1. The first-order valence-corrected chi connectivity index (χ1v) is 8.34. The topological polar surface area (TPSA) is 64.6 Å². The highest BCUT2D eigenvalue weighted by atomic mass is 35.5. The number of halogens is 2. The summed E-state index contributed by atoms with van der Waals surface area (Å²) in [6, 6.07) is 10.4. The van der Waals surface area contributed by atoms with Crippen molar-refractivity contribution in [3.8, 4) is 5.75 Å². The third-order valence-electron chi connectivity index (χ3n) is 3.65. The fourth-order valence-electron chi connectivity index (χ4n) is 2.07. The Balaban J connectivity index is 1.91. The minimum absolute atomic E-state index is 0.322. The molecule has 0 aliphatic heterocycles. The Hall–Kier alpha value is -2.60. The molecule has 0 aromatic heterocycles. The molecule has 0 radical (unpaired) electrons. The molecule has 2 atom stereocenters. The average Bonchev–Trinajstić information content (AvgIpc) is 2.60. The van der Waals surface area contributed by atoms with Crippen LogP contribution in [0.15, 0.2) is 42.5 Å². The number of anilines is 1. The van der Waals surface area contributed by atoms with Crippen molar-refractivity contribution in [2.45, 2.75) is 33.0 Å². The van der Waals surface area contributed by atoms with Crippen LogP contribution in [0.1, 0.15) is 19.4 Å². The molecule has 2 aromatic rings. The van der Waals surface area contributed by atoms with Crippen molar-refractivity contribution in [2.24, 2.45) is 0 Å². The number of benzene rings is 2. The fourth-order valence-corrected chi connectivity index (χ4v) is 2.24. The van der Waals surface area contributed by atoms with Crippen molar-refractivity contribution in [1.82, 2.24) is 0 Å². The summed E-state index contributed by atoms with van der Waals surface area (Å²) in [5, 5.41) is 3.19. The van der Waals surface area contributed by atoms with Gasteiger partial charge in [-0.3, -0.25) is 4.79 Å². The van der Waals surface area contributed by atoms with Crippen molar-refractivity contribution in [2.75, 3.05) is 5.32 Å². The van der Waals surface area contributed by atoms with Gasteiger partial charge in [-0.1, -0.05) is 17.7 Å². The molecular weight excluding hydrogens is 361 g/mol. The summed E-state index contributed by atoms with van der Waals surface area (Å²) in [5.41, 5.74) is 1.26. The van der Waals surface area contributed by atoms with Gasteiger partial charge in [-0.2, -0.15) is 0 Å². The van der Waals surface area contributed by atoms with E-state index in [1.54, 1.807) is 25.1 Å². The number of rotatable bonds is 6. The van der Waals surface area contributed by atoms with E-state index in [1.165, 1.54) is 38.1 Å². The minimum atomic E-state index is -1.03. The molecule has 0 spiro atoms. The van der Waals surface area contributed by atoms with Crippen molar-refractivity contribution < 1.29 is 23.5 Å². The first-order valence-electron chi connectivity index (χ1n) is 7.96. The van der Waals surface area contributed by atoms with E-state index in [0.717, 1.165) is 0 Å². The molecule has 1 amide bonds. The first-order chi connectivity index (χ1) is 12.3. The lowest BCUT2D eigenvalue weighted by Crippen LogP contribution is -2.35. The molecule has 138 valence electrons. The summed E-state index contributed by atoms with van der Waals surface area (Å²) in [6.45, 7) is 4.71. The van der Waals surface area contributed by atoms with Gasteiger partial charge in [0.1, 0.15) is 11.6 Å². The smallest absolute Gasteiger partial charge is 0.347 e. The number of hydrogen-bond acceptors (Lipinski definition) is 4. The second-order valence-electron chi connectivity index (χ2n) is 5.69. The predicted octanol–water partition coefficient (Wildman–Crippen LogP) is 4.13. The highest BCUT2D eigenvalue weighted by Crippen LogP contribution is 2.23. The van der Waals surface area contributed by atoms with Gasteiger partial charge in [0.25, 0.3) is 5.91 Å². The normalized spacial score (nSPS) is 12.8. The standard InChI is InChI=1S/C19H19ClFNO4/c1-11-16(20)5-4-6-17(11)22-18(23)12(2)26-19(24)13(3)25-15-9-7-14(21)8-10-15/h4-10,12-13H,1-3H3,(H,22,23)/t12-,13-/m0/s1. The Bertz CT molecular complexity index is 795. The number of nitrogens with one attached hydrogen (secondary N) is 1. The Kier molecular flexibility index (Phi) is 6.58. The van der Waals surface area contributed by atoms with Gasteiger partial charge in [0.05, 0.1) is 0 Å². The van der Waals surface area contributed by atoms with Gasteiger partial charge in [0.15, 0.2) is 12.2 Å². The summed E-state index contributed by atoms with van der Waals surface area (Å²) in [4.78, 5) is 24.3. The summed E-state index contributed by atoms with van der Waals surface area (Å²) in [5.74, 6) is -1.28. The zero-order chi connectivity index (χ0) is 19.3. The molecule has 2 aromatic carbocycles. The molecule has 0 fully saturated rings. The van der Waals surface area contributed by atoms with Gasteiger partial charge in [-0.25, -0.2) is 9.18 Å². The highest BCUT2D eigenvalue weighted by Gasteiger charge is 2.23. The van der Waals surface area contributed by atoms with Crippen molar-refractivity contribution in [3.63, 3.8) is 0 Å². The van der Waals surface area contributed by atoms with E-state index < -0.39 is 29.9 Å². The van der Waals surface area contributed by atoms with Crippen LogP contribution in [0.5, 0.6) is 5.75 Å². The third-order valence-corrected chi connectivity index (χ3v) is 4.06. The second kappa shape index (κ2) is 8.67. The average molecular weight is 380 g/mol. The van der Waals surface area contributed by atoms with Crippen LogP contribution in [0.2, 0.25) is 5.02 Å². The van der Waals surface area contributed by atoms with Gasteiger partial charge < -0.3 is 14.8 Å². The first kappa shape index (κ1) is 19.7. The van der Waals surface area contributed by atoms with E-state index in [1.807, 2.05) is 0 Å². The van der Waals surface area contributed by atoms with Gasteiger partial charge in [-0.15, -0.1) is 0 Å². The Labute approximate surface area is 156 Å². The molecule has 2 rings (SSSR count). The van der Waals surface area contributed by atoms with Crippen LogP contribution >= 0.6 is 11.6 Å². The molecule has 0 bridgehead atoms. The molecule has 1 N–H and O–H groups in total. The quantitative estimate of drug-likeness (QED) is 0.766. The van der Waals surface area contributed by atoms with Crippen LogP contribution < -0.4 is 10.1 Å². The van der Waals surface area contributed by atoms with E-state index in [-0.39, 0.29) is 0 Å². The lowest BCUT2D eigenvalue weighted by molar-refractivity contribution is -0.159. The number of ether oxygens (including phenoxy) is 2. The van der Waals surface area contributed by atoms with E-state index >= 15 is 0 Å². The van der Waals surface area contributed by atoms with E-state index in [2.05, 4.69) is 5.32 Å². The SMILES string of the molecule is Cc1c(Cl)cccc1NC(=O)[C@H](C)OC(=O)[C@H](C)Oc1ccc(F)cc1. The van der Waals surface area contributed by atoms with Gasteiger partial charge in [0.2, 0.25) is 0 Å². The highest BCUT2D eigenvalue weighted by molar-refractivity contribution is 6.31. The summed E-state index contributed by atoms with van der Waals surface area (Å²) in [7, 11) is 0. The van der Waals surface area contributed by atoms with Crippen molar-refractivity contribution in [3.05, 3.63) is 58.9 Å². The van der Waals surface area contributed by atoms with Gasteiger partial charge in [0, 0.05) is 10.7 Å². The van der Waals surface area contributed by atoms with E-state index in [0.29, 0.717) is 22.0 Å². The molecule has 0 saturated carbocycles. The maximum atomic E-state index is 12.9. The van der Waals surface area contributed by atoms with E-state index in [9.17, 15) is 14.0 Å². The van der Waals surface area contributed by atoms with Crippen LogP contribution in [0.4, 0.5) is 10.1 Å². The van der Waals surface area contributed by atoms with Crippen LogP contribution in [0, 0.1) is 12.7 Å². The Morgan fingerprint density at radius 1 is 1.08 bits per heavy atom. The van der Waals surface area contributed by atoms with E-state index in [4.69, 9.17) is 21.1 Å². The molecule has 26 heavy (non-hydrogen) atoms. The maximum Gasteiger partial charge on any atom is 0.347 e. The Morgan fingerprint density at radius 2 is 1.73 bits per heavy atom. The molecule has 0 heterocycles. The molecule has 7 heteroatoms. The monoisotopic (exact) mass is 379 g/mol. The molecule has 0 unspecified atom stereocenters. The van der Waals surface area contributed by atoms with Crippen LogP contribution in [0.3, 0.4) is 0 Å². The Morgan fingerprint density at radius 3 is 2.38 bits per heavy atom. The molecule has 5 nitrogen and oxygen atoms in total. The molecule has 0 aliphatic carbocycles. The predicted molar refractivity (Wildman–Crippen MR) is 96.9 cm³/mol. The fraction of sp³-hybridized carbons (Fsp3) is 0.263. The second-order valence-corrected chi connectivity index (χ2v) is 6.10. The zero-order valence-electron chi connectivity index (χ0n) is 14.6. The third kappa shape index (κ3) is 5.20. The minimum Gasteiger partial charge on any atom is -0.479 e. The van der Waals surface area contributed by atoms with Gasteiger partial charge >= 0.3 is 5.97 Å². The number of amides is 1. The van der Waals surface area contributed by atoms with Crippen molar-refractivity contribution >= 4 is 29.2 Å². The summed E-state index contributed by atoms with van der Waals surface area (Å²) in [6.07, 6.45) is -1.98. The largest absolute Gasteiger partial charge is 0.479 e. The maximum absolute atomic E-state index is 12.9. The number of carbonyl (C=O) groups excluding carboxylic acids is 2. The van der Waals surface area contributed by atoms with Crippen LogP contribution in [0.25, 0.3) is 0 Å². The molecular formula is C19H19ClFNO4. The van der Waals surface area contributed by atoms with Crippen LogP contribution in [-0.2, 0) is 14.3 Å². The lowest BCUT2D eigenvalue weighted by Gasteiger charge is -2.18. The van der Waals surface area contributed by atoms with Gasteiger partial charge in [-0.05, 0) is 62.7 Å². The van der Waals surface area contributed by atoms with Crippen molar-refractivity contribution in [1.29, 1.82) is 0 Å². The van der Waals surface area contributed by atoms with Crippen LogP contribution in [-0.4, -0.2) is 24.1 Å². The zero-order valence-corrected chi connectivity index (χ0v) is 15.3. The summed E-state index contributed by atoms with van der Waals surface area (Å²) >= 11 is 6.01.